The lowest BCUT2D eigenvalue weighted by Gasteiger charge is -2.46. The second kappa shape index (κ2) is 3.58. The van der Waals surface area contributed by atoms with E-state index in [0.717, 1.165) is 6.04 Å². The quantitative estimate of drug-likeness (QED) is 0.663. The minimum atomic E-state index is 0.515. The van der Waals surface area contributed by atoms with Crippen molar-refractivity contribution < 1.29 is 0 Å². The number of likely N-dealkylation sites (tertiary alicyclic amines) is 1. The zero-order chi connectivity index (χ0) is 9.31. The summed E-state index contributed by atoms with van der Waals surface area (Å²) in [6.45, 7) is 8.47. The molecule has 0 aromatic heterocycles. The lowest BCUT2D eigenvalue weighted by Crippen LogP contribution is -2.62. The summed E-state index contributed by atoms with van der Waals surface area (Å²) in [5.74, 6) is 0. The fraction of sp³-hybridized carbons (Fsp3) is 1.00. The van der Waals surface area contributed by atoms with E-state index in [1.807, 2.05) is 0 Å². The maximum atomic E-state index is 3.64. The molecule has 1 unspecified atom stereocenters. The topological polar surface area (TPSA) is 15.3 Å². The van der Waals surface area contributed by atoms with Gasteiger partial charge in [-0.25, -0.2) is 0 Å². The Kier molecular flexibility index (Phi) is 2.61. The first-order chi connectivity index (χ1) is 6.22. The van der Waals surface area contributed by atoms with Crippen molar-refractivity contribution in [2.45, 2.75) is 51.1 Å². The largest absolute Gasteiger partial charge is 0.310 e. The van der Waals surface area contributed by atoms with E-state index in [1.165, 1.54) is 45.3 Å². The van der Waals surface area contributed by atoms with Crippen molar-refractivity contribution >= 4 is 0 Å². The third kappa shape index (κ3) is 1.89. The third-order valence-electron chi connectivity index (χ3n) is 3.69. The second-order valence-corrected chi connectivity index (χ2v) is 4.98. The van der Waals surface area contributed by atoms with Crippen molar-refractivity contribution in [1.29, 1.82) is 0 Å². The lowest BCUT2D eigenvalue weighted by molar-refractivity contribution is 0.112. The molecule has 1 N–H and O–H groups in total. The summed E-state index contributed by atoms with van der Waals surface area (Å²) in [6, 6.07) is 0.720. The van der Waals surface area contributed by atoms with Crippen LogP contribution < -0.4 is 5.32 Å². The Morgan fingerprint density at radius 3 is 2.54 bits per heavy atom. The van der Waals surface area contributed by atoms with E-state index in [9.17, 15) is 0 Å². The van der Waals surface area contributed by atoms with Crippen LogP contribution in [-0.4, -0.2) is 36.1 Å². The third-order valence-corrected chi connectivity index (χ3v) is 3.69. The van der Waals surface area contributed by atoms with Crippen molar-refractivity contribution in [2.24, 2.45) is 0 Å². The molecule has 0 aromatic rings. The highest BCUT2D eigenvalue weighted by molar-refractivity contribution is 5.00. The van der Waals surface area contributed by atoms with Crippen LogP contribution in [0.1, 0.15) is 39.5 Å². The van der Waals surface area contributed by atoms with Crippen LogP contribution in [0, 0.1) is 0 Å². The Morgan fingerprint density at radius 1 is 1.23 bits per heavy atom. The van der Waals surface area contributed by atoms with Crippen LogP contribution in [0.15, 0.2) is 0 Å². The molecule has 0 saturated carbocycles. The zero-order valence-corrected chi connectivity index (χ0v) is 8.97. The monoisotopic (exact) mass is 182 g/mol. The summed E-state index contributed by atoms with van der Waals surface area (Å²) in [5, 5.41) is 3.64. The van der Waals surface area contributed by atoms with Gasteiger partial charge in [-0.15, -0.1) is 0 Å². The van der Waals surface area contributed by atoms with Gasteiger partial charge in [0, 0.05) is 18.1 Å². The summed E-state index contributed by atoms with van der Waals surface area (Å²) in [4.78, 5) is 2.64. The number of hydrogen-bond acceptors (Lipinski definition) is 2. The average molecular weight is 182 g/mol. The average Bonchev–Trinajstić information content (AvgIpc) is 2.24. The molecule has 13 heavy (non-hydrogen) atoms. The first kappa shape index (κ1) is 9.47. The molecule has 0 amide bonds. The molecule has 1 spiro atoms. The van der Waals surface area contributed by atoms with Crippen LogP contribution in [0.4, 0.5) is 0 Å². The standard InChI is InChI=1S/C11H22N2/c1-10(2)13-8-4-3-5-11(9-13)6-7-12-11/h10,12H,3-9H2,1-2H3. The van der Waals surface area contributed by atoms with E-state index in [-0.39, 0.29) is 0 Å². The van der Waals surface area contributed by atoms with Gasteiger partial charge in [0.05, 0.1) is 0 Å². The molecule has 0 bridgehead atoms. The second-order valence-electron chi connectivity index (χ2n) is 4.98. The molecular weight excluding hydrogens is 160 g/mol. The minimum absolute atomic E-state index is 0.515. The summed E-state index contributed by atoms with van der Waals surface area (Å²) in [7, 11) is 0. The fourth-order valence-electron chi connectivity index (χ4n) is 2.59. The molecule has 2 saturated heterocycles. The molecule has 0 radical (unpaired) electrons. The molecular formula is C11H22N2. The highest BCUT2D eigenvalue weighted by atomic mass is 15.2. The normalized spacial score (nSPS) is 36.2. The Labute approximate surface area is 81.7 Å². The van der Waals surface area contributed by atoms with Gasteiger partial charge < -0.3 is 5.32 Å². The maximum absolute atomic E-state index is 3.64. The van der Waals surface area contributed by atoms with Gasteiger partial charge in [0.2, 0.25) is 0 Å². The summed E-state index contributed by atoms with van der Waals surface area (Å²) >= 11 is 0. The van der Waals surface area contributed by atoms with Gasteiger partial charge in [-0.2, -0.15) is 0 Å². The van der Waals surface area contributed by atoms with Gasteiger partial charge in [0.25, 0.3) is 0 Å². The van der Waals surface area contributed by atoms with E-state index in [1.54, 1.807) is 0 Å². The van der Waals surface area contributed by atoms with E-state index < -0.39 is 0 Å². The van der Waals surface area contributed by atoms with Crippen LogP contribution in [0.5, 0.6) is 0 Å². The van der Waals surface area contributed by atoms with Crippen LogP contribution in [-0.2, 0) is 0 Å². The molecule has 2 aliphatic rings. The highest BCUT2D eigenvalue weighted by Gasteiger charge is 2.39. The van der Waals surface area contributed by atoms with Crippen molar-refractivity contribution in [2.75, 3.05) is 19.6 Å². The molecule has 76 valence electrons. The number of nitrogens with zero attached hydrogens (tertiary/aromatic N) is 1. The maximum Gasteiger partial charge on any atom is 0.0320 e. The molecule has 0 aromatic carbocycles. The Balaban J connectivity index is 1.98. The van der Waals surface area contributed by atoms with Crippen LogP contribution in [0.25, 0.3) is 0 Å². The van der Waals surface area contributed by atoms with Gasteiger partial charge in [-0.3, -0.25) is 4.90 Å². The first-order valence-electron chi connectivity index (χ1n) is 5.71. The summed E-state index contributed by atoms with van der Waals surface area (Å²) in [5.41, 5.74) is 0.515. The summed E-state index contributed by atoms with van der Waals surface area (Å²) < 4.78 is 0. The van der Waals surface area contributed by atoms with E-state index >= 15 is 0 Å². The van der Waals surface area contributed by atoms with Crippen LogP contribution in [0.3, 0.4) is 0 Å². The highest BCUT2D eigenvalue weighted by Crippen LogP contribution is 2.29. The predicted molar refractivity (Wildman–Crippen MR) is 55.9 cm³/mol. The molecule has 2 heterocycles. The molecule has 2 heteroatoms. The Morgan fingerprint density at radius 2 is 2.00 bits per heavy atom. The number of rotatable bonds is 1. The van der Waals surface area contributed by atoms with Crippen molar-refractivity contribution in [3.8, 4) is 0 Å². The number of hydrogen-bond donors (Lipinski definition) is 1. The van der Waals surface area contributed by atoms with Crippen molar-refractivity contribution in [3.63, 3.8) is 0 Å². The van der Waals surface area contributed by atoms with E-state index in [4.69, 9.17) is 0 Å². The SMILES string of the molecule is CC(C)N1CCCCC2(CCN2)C1. The van der Waals surface area contributed by atoms with Gasteiger partial charge in [0.15, 0.2) is 0 Å². The molecule has 0 aliphatic carbocycles. The van der Waals surface area contributed by atoms with E-state index in [2.05, 4.69) is 24.1 Å². The molecule has 2 aliphatic heterocycles. The van der Waals surface area contributed by atoms with Gasteiger partial charge >= 0.3 is 0 Å². The smallest absolute Gasteiger partial charge is 0.0320 e. The van der Waals surface area contributed by atoms with Crippen molar-refractivity contribution in [3.05, 3.63) is 0 Å². The van der Waals surface area contributed by atoms with Gasteiger partial charge in [-0.1, -0.05) is 6.42 Å². The van der Waals surface area contributed by atoms with Crippen molar-refractivity contribution in [1.82, 2.24) is 10.2 Å². The summed E-state index contributed by atoms with van der Waals surface area (Å²) in [6.07, 6.45) is 5.60. The Bertz CT molecular complexity index is 173. The zero-order valence-electron chi connectivity index (χ0n) is 8.97. The molecule has 2 nitrogen and oxygen atoms in total. The molecule has 2 fully saturated rings. The Hall–Kier alpha value is -0.0800. The van der Waals surface area contributed by atoms with Crippen LogP contribution in [0.2, 0.25) is 0 Å². The molecule has 1 atom stereocenters. The molecule has 2 rings (SSSR count). The first-order valence-corrected chi connectivity index (χ1v) is 5.71. The van der Waals surface area contributed by atoms with Gasteiger partial charge in [-0.05, 0) is 46.2 Å². The minimum Gasteiger partial charge on any atom is -0.310 e. The van der Waals surface area contributed by atoms with Gasteiger partial charge in [0.1, 0.15) is 0 Å². The fourth-order valence-corrected chi connectivity index (χ4v) is 2.59. The van der Waals surface area contributed by atoms with E-state index in [0.29, 0.717) is 5.54 Å². The lowest BCUT2D eigenvalue weighted by atomic mass is 9.83. The predicted octanol–water partition coefficient (Wildman–Crippen LogP) is 1.61. The number of nitrogens with one attached hydrogen (secondary N) is 1. The van der Waals surface area contributed by atoms with Crippen LogP contribution >= 0.6 is 0 Å².